The van der Waals surface area contributed by atoms with Gasteiger partial charge in [0, 0.05) is 11.1 Å². The molecular weight excluding hydrogens is 389 g/mol. The van der Waals surface area contributed by atoms with E-state index in [1.807, 2.05) is 31.2 Å². The van der Waals surface area contributed by atoms with E-state index in [9.17, 15) is 18.0 Å². The topological polar surface area (TPSA) is 51.2 Å². The van der Waals surface area contributed by atoms with Gasteiger partial charge in [0.15, 0.2) is 5.13 Å². The Morgan fingerprint density at radius 3 is 2.64 bits per heavy atom. The third-order valence-electron chi connectivity index (χ3n) is 3.84. The molecule has 8 heteroatoms. The van der Waals surface area contributed by atoms with Crippen LogP contribution in [0.1, 0.15) is 22.4 Å². The number of esters is 1. The number of anilines is 2. The van der Waals surface area contributed by atoms with Gasteiger partial charge in [-0.3, -0.25) is 4.79 Å². The predicted molar refractivity (Wildman–Crippen MR) is 102 cm³/mol. The second-order valence-corrected chi connectivity index (χ2v) is 7.03. The van der Waals surface area contributed by atoms with Crippen LogP contribution in [0.2, 0.25) is 0 Å². The molecule has 0 fully saturated rings. The van der Waals surface area contributed by atoms with Gasteiger partial charge in [-0.2, -0.15) is 13.2 Å². The van der Waals surface area contributed by atoms with Crippen molar-refractivity contribution in [1.82, 2.24) is 4.98 Å². The molecule has 0 radical (unpaired) electrons. The summed E-state index contributed by atoms with van der Waals surface area (Å²) < 4.78 is 43.3. The number of rotatable bonds is 6. The summed E-state index contributed by atoms with van der Waals surface area (Å²) in [5.41, 5.74) is 2.08. The van der Waals surface area contributed by atoms with E-state index >= 15 is 0 Å². The number of halogens is 3. The molecule has 3 aromatic rings. The predicted octanol–water partition coefficient (Wildman–Crippen LogP) is 5.50. The van der Waals surface area contributed by atoms with E-state index in [1.54, 1.807) is 5.38 Å². The monoisotopic (exact) mass is 406 g/mol. The molecule has 0 amide bonds. The second kappa shape index (κ2) is 8.43. The number of nitrogens with one attached hydrogen (secondary N) is 1. The number of aryl methyl sites for hydroxylation is 1. The van der Waals surface area contributed by atoms with Gasteiger partial charge in [0.25, 0.3) is 0 Å². The number of nitrogens with zero attached hydrogens (tertiary/aromatic N) is 1. The van der Waals surface area contributed by atoms with Crippen molar-refractivity contribution in [2.75, 3.05) is 5.32 Å². The molecule has 0 aliphatic carbocycles. The smallest absolute Gasteiger partial charge is 0.416 e. The molecule has 0 saturated heterocycles. The van der Waals surface area contributed by atoms with Crippen LogP contribution in [0.25, 0.3) is 0 Å². The van der Waals surface area contributed by atoms with E-state index in [0.29, 0.717) is 10.8 Å². The maximum Gasteiger partial charge on any atom is 0.416 e. The highest BCUT2D eigenvalue weighted by atomic mass is 32.1. The van der Waals surface area contributed by atoms with Gasteiger partial charge >= 0.3 is 12.1 Å². The third-order valence-corrected chi connectivity index (χ3v) is 4.64. The average Bonchev–Trinajstić information content (AvgIpc) is 3.09. The number of benzene rings is 2. The molecule has 0 atom stereocenters. The number of aromatic nitrogens is 1. The number of hydrogen-bond donors (Lipinski definition) is 1. The van der Waals surface area contributed by atoms with Gasteiger partial charge in [-0.25, -0.2) is 4.98 Å². The molecule has 4 nitrogen and oxygen atoms in total. The first-order valence-corrected chi connectivity index (χ1v) is 9.27. The minimum absolute atomic E-state index is 0.0378. The standard InChI is InChI=1S/C20H17F3N2O2S/c1-13-5-7-16(8-6-13)24-19-25-17(12-28-19)11-27-18(26)10-14-3-2-4-15(9-14)20(21,22)23/h2-9,12H,10-11H2,1H3,(H,24,25). The van der Waals surface area contributed by atoms with Crippen LogP contribution in [-0.4, -0.2) is 11.0 Å². The van der Waals surface area contributed by atoms with Crippen molar-refractivity contribution in [2.45, 2.75) is 26.1 Å². The molecule has 0 unspecified atom stereocenters. The van der Waals surface area contributed by atoms with Crippen molar-refractivity contribution in [3.63, 3.8) is 0 Å². The lowest BCUT2D eigenvalue weighted by atomic mass is 10.1. The minimum Gasteiger partial charge on any atom is -0.459 e. The summed E-state index contributed by atoms with van der Waals surface area (Å²) in [5, 5.41) is 5.58. The maximum absolute atomic E-state index is 12.7. The van der Waals surface area contributed by atoms with Gasteiger partial charge in [-0.15, -0.1) is 11.3 Å². The highest BCUT2D eigenvalue weighted by molar-refractivity contribution is 7.13. The van der Waals surface area contributed by atoms with Gasteiger partial charge in [-0.05, 0) is 30.7 Å². The highest BCUT2D eigenvalue weighted by Crippen LogP contribution is 2.29. The zero-order valence-electron chi connectivity index (χ0n) is 14.9. The van der Waals surface area contributed by atoms with Crippen molar-refractivity contribution >= 4 is 28.1 Å². The molecule has 0 spiro atoms. The fourth-order valence-electron chi connectivity index (χ4n) is 2.42. The number of carbonyl (C=O) groups is 1. The fourth-order valence-corrected chi connectivity index (χ4v) is 3.14. The second-order valence-electron chi connectivity index (χ2n) is 6.17. The Balaban J connectivity index is 1.52. The Morgan fingerprint density at radius 1 is 1.18 bits per heavy atom. The summed E-state index contributed by atoms with van der Waals surface area (Å²) >= 11 is 1.37. The number of ether oxygens (including phenoxy) is 1. The molecule has 0 aliphatic rings. The molecule has 3 rings (SSSR count). The maximum atomic E-state index is 12.7. The van der Waals surface area contributed by atoms with Crippen LogP contribution in [0.15, 0.2) is 53.9 Å². The fraction of sp³-hybridized carbons (Fsp3) is 0.200. The molecule has 1 aromatic heterocycles. The van der Waals surface area contributed by atoms with Gasteiger partial charge in [-0.1, -0.05) is 35.9 Å². The minimum atomic E-state index is -4.44. The summed E-state index contributed by atoms with van der Waals surface area (Å²) in [6.45, 7) is 1.96. The molecule has 1 N–H and O–H groups in total. The van der Waals surface area contributed by atoms with Crippen LogP contribution in [0.3, 0.4) is 0 Å². The molecule has 28 heavy (non-hydrogen) atoms. The van der Waals surface area contributed by atoms with E-state index in [1.165, 1.54) is 23.5 Å². The lowest BCUT2D eigenvalue weighted by molar-refractivity contribution is -0.144. The normalized spacial score (nSPS) is 11.3. The van der Waals surface area contributed by atoms with Crippen LogP contribution in [0.4, 0.5) is 24.0 Å². The van der Waals surface area contributed by atoms with Gasteiger partial charge < -0.3 is 10.1 Å². The van der Waals surface area contributed by atoms with Crippen LogP contribution < -0.4 is 5.32 Å². The quantitative estimate of drug-likeness (QED) is 0.549. The Bertz CT molecular complexity index is 953. The van der Waals surface area contributed by atoms with Gasteiger partial charge in [0.1, 0.15) is 6.61 Å². The Labute approximate surface area is 164 Å². The molecule has 1 heterocycles. The van der Waals surface area contributed by atoms with E-state index < -0.39 is 17.7 Å². The molecule has 2 aromatic carbocycles. The van der Waals surface area contributed by atoms with E-state index in [-0.39, 0.29) is 18.6 Å². The Morgan fingerprint density at radius 2 is 1.93 bits per heavy atom. The lowest BCUT2D eigenvalue weighted by Crippen LogP contribution is -2.10. The van der Waals surface area contributed by atoms with Crippen molar-refractivity contribution < 1.29 is 22.7 Å². The zero-order valence-corrected chi connectivity index (χ0v) is 15.7. The summed E-state index contributed by atoms with van der Waals surface area (Å²) in [6.07, 6.45) is -4.68. The average molecular weight is 406 g/mol. The summed E-state index contributed by atoms with van der Waals surface area (Å²) in [5.74, 6) is -0.611. The van der Waals surface area contributed by atoms with Crippen molar-refractivity contribution in [2.24, 2.45) is 0 Å². The van der Waals surface area contributed by atoms with Crippen molar-refractivity contribution in [1.29, 1.82) is 0 Å². The molecule has 0 saturated carbocycles. The summed E-state index contributed by atoms with van der Waals surface area (Å²) in [4.78, 5) is 16.3. The van der Waals surface area contributed by atoms with Crippen molar-refractivity contribution in [3.8, 4) is 0 Å². The van der Waals surface area contributed by atoms with E-state index in [4.69, 9.17) is 4.74 Å². The van der Waals surface area contributed by atoms with Crippen molar-refractivity contribution in [3.05, 3.63) is 76.3 Å². The van der Waals surface area contributed by atoms with Crippen LogP contribution in [0.5, 0.6) is 0 Å². The summed E-state index contributed by atoms with van der Waals surface area (Å²) in [6, 6.07) is 12.5. The molecule has 146 valence electrons. The van der Waals surface area contributed by atoms with Gasteiger partial charge in [0.05, 0.1) is 17.7 Å². The number of hydrogen-bond acceptors (Lipinski definition) is 5. The third kappa shape index (κ3) is 5.56. The Hall–Kier alpha value is -2.87. The molecule has 0 aliphatic heterocycles. The summed E-state index contributed by atoms with van der Waals surface area (Å²) in [7, 11) is 0. The van der Waals surface area contributed by atoms with Crippen LogP contribution in [0, 0.1) is 6.92 Å². The molecule has 0 bridgehead atoms. The number of carbonyl (C=O) groups excluding carboxylic acids is 1. The zero-order chi connectivity index (χ0) is 20.1. The van der Waals surface area contributed by atoms with E-state index in [2.05, 4.69) is 10.3 Å². The lowest BCUT2D eigenvalue weighted by Gasteiger charge is -2.08. The number of thiazole rings is 1. The van der Waals surface area contributed by atoms with Crippen LogP contribution >= 0.6 is 11.3 Å². The largest absolute Gasteiger partial charge is 0.459 e. The SMILES string of the molecule is Cc1ccc(Nc2nc(COC(=O)Cc3cccc(C(F)(F)F)c3)cs2)cc1. The highest BCUT2D eigenvalue weighted by Gasteiger charge is 2.30. The first-order chi connectivity index (χ1) is 13.3. The first kappa shape index (κ1) is 19.9. The Kier molecular flexibility index (Phi) is 5.99. The van der Waals surface area contributed by atoms with Gasteiger partial charge in [0.2, 0.25) is 0 Å². The first-order valence-electron chi connectivity index (χ1n) is 8.39. The number of alkyl halides is 3. The molecular formula is C20H17F3N2O2S. The van der Waals surface area contributed by atoms with Crippen LogP contribution in [-0.2, 0) is 28.7 Å². The van der Waals surface area contributed by atoms with E-state index in [0.717, 1.165) is 23.4 Å².